The largest absolute Gasteiger partial charge is 0.485 e. The van der Waals surface area contributed by atoms with Gasteiger partial charge in [0.2, 0.25) is 4.77 Å². The van der Waals surface area contributed by atoms with E-state index in [0.717, 1.165) is 49.3 Å². The van der Waals surface area contributed by atoms with E-state index in [1.54, 1.807) is 0 Å². The van der Waals surface area contributed by atoms with Gasteiger partial charge in [-0.2, -0.15) is 5.10 Å². The number of nitrogens with zero attached hydrogens (tertiary/aromatic N) is 4. The third-order valence-corrected chi connectivity index (χ3v) is 5.51. The van der Waals surface area contributed by atoms with Crippen LogP contribution < -0.4 is 9.47 Å². The van der Waals surface area contributed by atoms with Gasteiger partial charge in [-0.15, -0.1) is 0 Å². The monoisotopic (exact) mass is 410 g/mol. The molecule has 1 aromatic heterocycles. The van der Waals surface area contributed by atoms with Gasteiger partial charge in [-0.05, 0) is 36.5 Å². The van der Waals surface area contributed by atoms with Crippen LogP contribution in [-0.4, -0.2) is 52.2 Å². The SMILES string of the molecule is S=c1n(CN2CCOCC2)nc(C2COc3ccccc3O2)n1-c1ccccc1. The molecule has 0 amide bonds. The van der Waals surface area contributed by atoms with E-state index in [1.165, 1.54) is 0 Å². The van der Waals surface area contributed by atoms with Gasteiger partial charge >= 0.3 is 0 Å². The van der Waals surface area contributed by atoms with Crippen molar-refractivity contribution in [3.8, 4) is 17.2 Å². The Hall–Kier alpha value is -2.68. The average molecular weight is 410 g/mol. The third kappa shape index (κ3) is 3.66. The highest BCUT2D eigenvalue weighted by Crippen LogP contribution is 2.36. The second-order valence-electron chi connectivity index (χ2n) is 7.05. The zero-order chi connectivity index (χ0) is 19.6. The van der Waals surface area contributed by atoms with E-state index in [2.05, 4.69) is 4.90 Å². The van der Waals surface area contributed by atoms with E-state index in [1.807, 2.05) is 63.8 Å². The maximum atomic E-state index is 6.24. The van der Waals surface area contributed by atoms with Crippen molar-refractivity contribution in [2.24, 2.45) is 0 Å². The molecule has 2 aromatic carbocycles. The molecular weight excluding hydrogens is 388 g/mol. The van der Waals surface area contributed by atoms with E-state index in [9.17, 15) is 0 Å². The highest BCUT2D eigenvalue weighted by molar-refractivity contribution is 7.71. The molecule has 0 N–H and O–H groups in total. The maximum Gasteiger partial charge on any atom is 0.203 e. The van der Waals surface area contributed by atoms with Gasteiger partial charge in [0.25, 0.3) is 0 Å². The summed E-state index contributed by atoms with van der Waals surface area (Å²) in [4.78, 5) is 2.29. The van der Waals surface area contributed by atoms with Crippen LogP contribution >= 0.6 is 12.2 Å². The molecule has 0 radical (unpaired) electrons. The molecule has 8 heteroatoms. The summed E-state index contributed by atoms with van der Waals surface area (Å²) in [5, 5.41) is 4.86. The summed E-state index contributed by atoms with van der Waals surface area (Å²) in [5.41, 5.74) is 0.961. The molecule has 0 saturated carbocycles. The number of morpholine rings is 1. The fourth-order valence-electron chi connectivity index (χ4n) is 3.62. The number of hydrogen-bond acceptors (Lipinski definition) is 6. The minimum atomic E-state index is -0.349. The van der Waals surface area contributed by atoms with Crippen LogP contribution in [-0.2, 0) is 11.4 Å². The zero-order valence-electron chi connectivity index (χ0n) is 15.9. The lowest BCUT2D eigenvalue weighted by molar-refractivity contribution is 0.0206. The number of ether oxygens (including phenoxy) is 3. The molecule has 0 spiro atoms. The number of rotatable bonds is 4. The lowest BCUT2D eigenvalue weighted by Gasteiger charge is -2.26. The average Bonchev–Trinajstić information content (AvgIpc) is 3.10. The summed E-state index contributed by atoms with van der Waals surface area (Å²) in [6.07, 6.45) is -0.349. The Balaban J connectivity index is 1.53. The van der Waals surface area contributed by atoms with Crippen molar-refractivity contribution in [1.82, 2.24) is 19.2 Å². The van der Waals surface area contributed by atoms with Crippen molar-refractivity contribution < 1.29 is 14.2 Å². The summed E-state index contributed by atoms with van der Waals surface area (Å²) in [5.74, 6) is 2.21. The molecular formula is C21H22N4O3S. The van der Waals surface area contributed by atoms with Crippen LogP contribution in [0, 0.1) is 4.77 Å². The summed E-state index contributed by atoms with van der Waals surface area (Å²) in [7, 11) is 0. The first-order valence-electron chi connectivity index (χ1n) is 9.73. The summed E-state index contributed by atoms with van der Waals surface area (Å²) < 4.78 is 22.1. The quantitative estimate of drug-likeness (QED) is 0.616. The van der Waals surface area contributed by atoms with Gasteiger partial charge in [0.15, 0.2) is 23.4 Å². The van der Waals surface area contributed by atoms with Gasteiger partial charge in [0, 0.05) is 18.8 Å². The lowest BCUT2D eigenvalue weighted by Crippen LogP contribution is -2.37. The van der Waals surface area contributed by atoms with Gasteiger partial charge in [0.1, 0.15) is 6.61 Å². The predicted molar refractivity (Wildman–Crippen MR) is 110 cm³/mol. The van der Waals surface area contributed by atoms with Crippen molar-refractivity contribution in [3.63, 3.8) is 0 Å². The molecule has 5 rings (SSSR count). The molecule has 0 aliphatic carbocycles. The summed E-state index contributed by atoms with van der Waals surface area (Å²) in [6.45, 7) is 4.20. The highest BCUT2D eigenvalue weighted by Gasteiger charge is 2.29. The molecule has 1 atom stereocenters. The number of aromatic nitrogens is 3. The summed E-state index contributed by atoms with van der Waals surface area (Å²) in [6, 6.07) is 17.7. The topological polar surface area (TPSA) is 53.7 Å². The van der Waals surface area contributed by atoms with Crippen LogP contribution in [0.15, 0.2) is 54.6 Å². The third-order valence-electron chi connectivity index (χ3n) is 5.11. The Kier molecular flexibility index (Phi) is 5.05. The van der Waals surface area contributed by atoms with Crippen LogP contribution in [0.5, 0.6) is 11.5 Å². The Bertz CT molecular complexity index is 1040. The number of hydrogen-bond donors (Lipinski definition) is 0. The van der Waals surface area contributed by atoms with E-state index in [-0.39, 0.29) is 6.10 Å². The van der Waals surface area contributed by atoms with E-state index in [0.29, 0.717) is 18.0 Å². The van der Waals surface area contributed by atoms with Crippen molar-refractivity contribution in [1.29, 1.82) is 0 Å². The van der Waals surface area contributed by atoms with E-state index >= 15 is 0 Å². The Morgan fingerprint density at radius 3 is 2.48 bits per heavy atom. The molecule has 3 heterocycles. The molecule has 3 aromatic rings. The predicted octanol–water partition coefficient (Wildman–Crippen LogP) is 3.21. The molecule has 29 heavy (non-hydrogen) atoms. The fraction of sp³-hybridized carbons (Fsp3) is 0.333. The fourth-order valence-corrected chi connectivity index (χ4v) is 3.92. The Labute approximate surface area is 174 Å². The molecule has 2 aliphatic heterocycles. The van der Waals surface area contributed by atoms with Gasteiger partial charge in [-0.1, -0.05) is 30.3 Å². The van der Waals surface area contributed by atoms with Gasteiger partial charge in [-0.3, -0.25) is 9.47 Å². The van der Waals surface area contributed by atoms with Crippen LogP contribution in [0.3, 0.4) is 0 Å². The van der Waals surface area contributed by atoms with Crippen molar-refractivity contribution in [3.05, 3.63) is 65.2 Å². The molecule has 2 aliphatic rings. The first-order chi connectivity index (χ1) is 14.3. The van der Waals surface area contributed by atoms with E-state index < -0.39 is 0 Å². The van der Waals surface area contributed by atoms with Gasteiger partial charge < -0.3 is 14.2 Å². The standard InChI is InChI=1S/C21H22N4O3S/c29-21-24(15-23-10-12-26-13-11-23)22-20(25(21)16-6-2-1-3-7-16)19-14-27-17-8-4-5-9-18(17)28-19/h1-9,19H,10-15H2. The number of benzene rings is 2. The van der Waals surface area contributed by atoms with Crippen LogP contribution in [0.2, 0.25) is 0 Å². The molecule has 1 unspecified atom stereocenters. The molecule has 150 valence electrons. The molecule has 0 bridgehead atoms. The Morgan fingerprint density at radius 2 is 1.69 bits per heavy atom. The van der Waals surface area contributed by atoms with Crippen LogP contribution in [0.25, 0.3) is 5.69 Å². The van der Waals surface area contributed by atoms with Crippen LogP contribution in [0.4, 0.5) is 0 Å². The van der Waals surface area contributed by atoms with Crippen molar-refractivity contribution >= 4 is 12.2 Å². The normalized spacial score (nSPS) is 19.2. The smallest absolute Gasteiger partial charge is 0.203 e. The van der Waals surface area contributed by atoms with Gasteiger partial charge in [-0.25, -0.2) is 4.68 Å². The molecule has 1 fully saturated rings. The van der Waals surface area contributed by atoms with Gasteiger partial charge in [0.05, 0.1) is 19.9 Å². The van der Waals surface area contributed by atoms with Crippen LogP contribution in [0.1, 0.15) is 11.9 Å². The number of para-hydroxylation sites is 3. The van der Waals surface area contributed by atoms with E-state index in [4.69, 9.17) is 31.5 Å². The minimum Gasteiger partial charge on any atom is -0.485 e. The zero-order valence-corrected chi connectivity index (χ0v) is 16.8. The second kappa shape index (κ2) is 7.98. The lowest BCUT2D eigenvalue weighted by atomic mass is 10.2. The summed E-state index contributed by atoms with van der Waals surface area (Å²) >= 11 is 5.82. The van der Waals surface area contributed by atoms with Crippen molar-refractivity contribution in [2.75, 3.05) is 32.9 Å². The minimum absolute atomic E-state index is 0.349. The molecule has 7 nitrogen and oxygen atoms in total. The first-order valence-corrected chi connectivity index (χ1v) is 10.1. The highest BCUT2D eigenvalue weighted by atomic mass is 32.1. The first kappa shape index (κ1) is 18.4. The molecule has 1 saturated heterocycles. The number of fused-ring (bicyclic) bond motifs is 1. The Morgan fingerprint density at radius 1 is 0.966 bits per heavy atom. The van der Waals surface area contributed by atoms with Crippen molar-refractivity contribution in [2.45, 2.75) is 12.8 Å². The second-order valence-corrected chi connectivity index (χ2v) is 7.41. The maximum absolute atomic E-state index is 6.24.